The Labute approximate surface area is 106 Å². The molecule has 0 aliphatic heterocycles. The smallest absolute Gasteiger partial charge is 0.0694 e. The zero-order valence-corrected chi connectivity index (χ0v) is 11.4. The van der Waals surface area contributed by atoms with Gasteiger partial charge in [0.1, 0.15) is 0 Å². The Balaban J connectivity index is 1.94. The maximum atomic E-state index is 4.50. The molecule has 0 radical (unpaired) electrons. The summed E-state index contributed by atoms with van der Waals surface area (Å²) in [6, 6.07) is 2.16. The molecule has 0 atom stereocenters. The molecular formula is C13H19N3S. The topological polar surface area (TPSA) is 29.9 Å². The molecular weight excluding hydrogens is 230 g/mol. The fourth-order valence-corrected chi connectivity index (χ4v) is 2.58. The first-order valence-corrected chi connectivity index (χ1v) is 6.85. The highest BCUT2D eigenvalue weighted by Gasteiger charge is 2.10. The second kappa shape index (κ2) is 5.47. The van der Waals surface area contributed by atoms with Crippen molar-refractivity contribution >= 4 is 11.3 Å². The van der Waals surface area contributed by atoms with Gasteiger partial charge in [-0.05, 0) is 28.3 Å². The van der Waals surface area contributed by atoms with Gasteiger partial charge in [-0.25, -0.2) is 0 Å². The lowest BCUT2D eigenvalue weighted by Gasteiger charge is -2.06. The van der Waals surface area contributed by atoms with Gasteiger partial charge >= 0.3 is 0 Å². The van der Waals surface area contributed by atoms with Crippen LogP contribution in [0.25, 0.3) is 0 Å². The van der Waals surface area contributed by atoms with Crippen molar-refractivity contribution in [3.8, 4) is 0 Å². The predicted octanol–water partition coefficient (Wildman–Crippen LogP) is 2.89. The Morgan fingerprint density at radius 1 is 1.41 bits per heavy atom. The van der Waals surface area contributed by atoms with Gasteiger partial charge in [0.25, 0.3) is 0 Å². The molecule has 4 heteroatoms. The Morgan fingerprint density at radius 2 is 2.24 bits per heavy atom. The minimum absolute atomic E-state index is 0.481. The molecule has 2 heterocycles. The molecule has 2 rings (SSSR count). The quantitative estimate of drug-likeness (QED) is 0.883. The molecule has 2 aromatic rings. The van der Waals surface area contributed by atoms with E-state index in [0.29, 0.717) is 5.92 Å². The summed E-state index contributed by atoms with van der Waals surface area (Å²) >= 11 is 1.74. The Morgan fingerprint density at radius 3 is 2.88 bits per heavy atom. The summed E-state index contributed by atoms with van der Waals surface area (Å²) in [4.78, 5) is 0. The maximum Gasteiger partial charge on any atom is 0.0694 e. The van der Waals surface area contributed by atoms with Gasteiger partial charge in [-0.2, -0.15) is 16.4 Å². The predicted molar refractivity (Wildman–Crippen MR) is 72.2 cm³/mol. The van der Waals surface area contributed by atoms with Crippen molar-refractivity contribution in [1.82, 2.24) is 15.1 Å². The van der Waals surface area contributed by atoms with E-state index in [-0.39, 0.29) is 0 Å². The summed E-state index contributed by atoms with van der Waals surface area (Å²) < 4.78 is 1.90. The Hall–Kier alpha value is -1.13. The average Bonchev–Trinajstić information content (AvgIpc) is 2.88. The largest absolute Gasteiger partial charge is 0.308 e. The van der Waals surface area contributed by atoms with Crippen molar-refractivity contribution in [2.45, 2.75) is 32.9 Å². The lowest BCUT2D eigenvalue weighted by Crippen LogP contribution is -2.13. The summed E-state index contributed by atoms with van der Waals surface area (Å²) in [6.07, 6.45) is 2.11. The van der Waals surface area contributed by atoms with E-state index in [4.69, 9.17) is 0 Å². The minimum Gasteiger partial charge on any atom is -0.308 e. The number of aryl methyl sites for hydroxylation is 1. The van der Waals surface area contributed by atoms with E-state index < -0.39 is 0 Å². The van der Waals surface area contributed by atoms with Crippen LogP contribution in [-0.2, 0) is 20.1 Å². The molecule has 0 fully saturated rings. The fourth-order valence-electron chi connectivity index (χ4n) is 1.91. The number of hydrogen-bond acceptors (Lipinski definition) is 3. The van der Waals surface area contributed by atoms with Gasteiger partial charge in [0.15, 0.2) is 0 Å². The lowest BCUT2D eigenvalue weighted by molar-refractivity contribution is 0.679. The van der Waals surface area contributed by atoms with Gasteiger partial charge in [0.05, 0.1) is 5.69 Å². The van der Waals surface area contributed by atoms with Crippen molar-refractivity contribution in [2.75, 3.05) is 0 Å². The Bertz CT molecular complexity index is 457. The van der Waals surface area contributed by atoms with Crippen LogP contribution >= 0.6 is 11.3 Å². The van der Waals surface area contributed by atoms with Crippen LogP contribution in [0, 0.1) is 0 Å². The number of aromatic nitrogens is 2. The molecule has 0 amide bonds. The summed E-state index contributed by atoms with van der Waals surface area (Å²) in [6.45, 7) is 6.18. The molecule has 0 spiro atoms. The van der Waals surface area contributed by atoms with Crippen molar-refractivity contribution in [3.05, 3.63) is 39.8 Å². The third-order valence-corrected chi connectivity index (χ3v) is 3.44. The van der Waals surface area contributed by atoms with E-state index in [1.807, 2.05) is 11.7 Å². The minimum atomic E-state index is 0.481. The summed E-state index contributed by atoms with van der Waals surface area (Å²) in [5.74, 6) is 0.481. The van der Waals surface area contributed by atoms with Crippen LogP contribution in [0.5, 0.6) is 0 Å². The molecule has 0 unspecified atom stereocenters. The second-order valence-corrected chi connectivity index (χ2v) is 5.38. The molecule has 0 aromatic carbocycles. The molecule has 0 saturated carbocycles. The van der Waals surface area contributed by atoms with Crippen LogP contribution in [0.3, 0.4) is 0 Å². The highest BCUT2D eigenvalue weighted by molar-refractivity contribution is 7.07. The highest BCUT2D eigenvalue weighted by Crippen LogP contribution is 2.17. The van der Waals surface area contributed by atoms with Crippen LogP contribution in [0.4, 0.5) is 0 Å². The zero-order chi connectivity index (χ0) is 12.3. The van der Waals surface area contributed by atoms with E-state index >= 15 is 0 Å². The van der Waals surface area contributed by atoms with Crippen molar-refractivity contribution < 1.29 is 0 Å². The average molecular weight is 249 g/mol. The van der Waals surface area contributed by atoms with Gasteiger partial charge in [-0.3, -0.25) is 4.68 Å². The van der Waals surface area contributed by atoms with Gasteiger partial charge < -0.3 is 5.32 Å². The number of thiophene rings is 1. The number of nitrogens with zero attached hydrogens (tertiary/aromatic N) is 2. The molecule has 17 heavy (non-hydrogen) atoms. The third-order valence-electron chi connectivity index (χ3n) is 2.71. The van der Waals surface area contributed by atoms with Crippen LogP contribution < -0.4 is 5.32 Å². The number of rotatable bonds is 5. The van der Waals surface area contributed by atoms with Crippen LogP contribution in [0.2, 0.25) is 0 Å². The standard InChI is InChI=1S/C13H19N3S/c1-10(2)13-12(8-16(3)15-13)7-14-6-11-4-5-17-9-11/h4-5,8-10,14H,6-7H2,1-3H3. The monoisotopic (exact) mass is 249 g/mol. The van der Waals surface area contributed by atoms with Crippen LogP contribution in [0.1, 0.15) is 36.6 Å². The molecule has 0 saturated heterocycles. The molecule has 0 aliphatic carbocycles. The van der Waals surface area contributed by atoms with E-state index in [0.717, 1.165) is 13.1 Å². The summed E-state index contributed by atoms with van der Waals surface area (Å²) in [5.41, 5.74) is 3.85. The summed E-state index contributed by atoms with van der Waals surface area (Å²) in [7, 11) is 1.98. The maximum absolute atomic E-state index is 4.50. The fraction of sp³-hybridized carbons (Fsp3) is 0.462. The van der Waals surface area contributed by atoms with Gasteiger partial charge in [0, 0.05) is 31.9 Å². The third kappa shape index (κ3) is 3.17. The first-order valence-electron chi connectivity index (χ1n) is 5.91. The second-order valence-electron chi connectivity index (χ2n) is 4.60. The molecule has 1 N–H and O–H groups in total. The molecule has 0 aliphatic rings. The normalized spacial score (nSPS) is 11.3. The molecule has 0 bridgehead atoms. The van der Waals surface area contributed by atoms with Gasteiger partial charge in [-0.15, -0.1) is 0 Å². The number of hydrogen-bond donors (Lipinski definition) is 1. The van der Waals surface area contributed by atoms with E-state index in [1.165, 1.54) is 16.8 Å². The molecule has 92 valence electrons. The lowest BCUT2D eigenvalue weighted by atomic mass is 10.1. The highest BCUT2D eigenvalue weighted by atomic mass is 32.1. The van der Waals surface area contributed by atoms with Gasteiger partial charge in [0.2, 0.25) is 0 Å². The van der Waals surface area contributed by atoms with Crippen molar-refractivity contribution in [1.29, 1.82) is 0 Å². The SMILES string of the molecule is CC(C)c1nn(C)cc1CNCc1ccsc1. The molecule has 2 aromatic heterocycles. The first-order chi connectivity index (χ1) is 8.16. The zero-order valence-electron chi connectivity index (χ0n) is 10.6. The summed E-state index contributed by atoms with van der Waals surface area (Å²) in [5, 5.41) is 12.3. The van der Waals surface area contributed by atoms with Gasteiger partial charge in [-0.1, -0.05) is 13.8 Å². The molecule has 3 nitrogen and oxygen atoms in total. The van der Waals surface area contributed by atoms with Crippen molar-refractivity contribution in [3.63, 3.8) is 0 Å². The number of nitrogens with one attached hydrogen (secondary N) is 1. The first kappa shape index (κ1) is 12.3. The van der Waals surface area contributed by atoms with Crippen LogP contribution in [-0.4, -0.2) is 9.78 Å². The van der Waals surface area contributed by atoms with E-state index in [9.17, 15) is 0 Å². The van der Waals surface area contributed by atoms with Crippen LogP contribution in [0.15, 0.2) is 23.0 Å². The Kier molecular flexibility index (Phi) is 3.97. The van der Waals surface area contributed by atoms with Crippen molar-refractivity contribution in [2.24, 2.45) is 7.05 Å². The van der Waals surface area contributed by atoms with E-state index in [1.54, 1.807) is 11.3 Å². The van der Waals surface area contributed by atoms with E-state index in [2.05, 4.69) is 47.3 Å².